The Bertz CT molecular complexity index is 478. The molecule has 4 heteroatoms. The van der Waals surface area contributed by atoms with Crippen LogP contribution in [-0.2, 0) is 13.2 Å². The highest BCUT2D eigenvalue weighted by Crippen LogP contribution is 2.23. The second-order valence-corrected chi connectivity index (χ2v) is 3.83. The van der Waals surface area contributed by atoms with Crippen molar-refractivity contribution in [2.75, 3.05) is 7.11 Å². The van der Waals surface area contributed by atoms with Gasteiger partial charge in [-0.2, -0.15) is 0 Å². The van der Waals surface area contributed by atoms with Crippen molar-refractivity contribution in [1.82, 2.24) is 4.98 Å². The van der Waals surface area contributed by atoms with Gasteiger partial charge in [0.1, 0.15) is 18.1 Å². The fourth-order valence-electron chi connectivity index (χ4n) is 1.59. The van der Waals surface area contributed by atoms with Gasteiger partial charge in [-0.1, -0.05) is 6.07 Å². The van der Waals surface area contributed by atoms with Crippen LogP contribution in [0.3, 0.4) is 0 Å². The Hall–Kier alpha value is -2.07. The average molecular weight is 244 g/mol. The van der Waals surface area contributed by atoms with Gasteiger partial charge in [-0.3, -0.25) is 4.98 Å². The van der Waals surface area contributed by atoms with Crippen LogP contribution in [0.25, 0.3) is 0 Å². The van der Waals surface area contributed by atoms with E-state index in [1.807, 2.05) is 36.4 Å². The third-order valence-corrected chi connectivity index (χ3v) is 2.52. The summed E-state index contributed by atoms with van der Waals surface area (Å²) in [5.74, 6) is 1.48. The molecule has 0 unspecified atom stereocenters. The molecular formula is C14H16N2O2. The minimum Gasteiger partial charge on any atom is -0.497 e. The SMILES string of the molecule is COc1cc(CN)cc(OCc2ccccn2)c1. The van der Waals surface area contributed by atoms with Crippen LogP contribution < -0.4 is 15.2 Å². The molecule has 18 heavy (non-hydrogen) atoms. The van der Waals surface area contributed by atoms with E-state index in [4.69, 9.17) is 15.2 Å². The highest BCUT2D eigenvalue weighted by molar-refractivity contribution is 5.38. The van der Waals surface area contributed by atoms with E-state index < -0.39 is 0 Å². The van der Waals surface area contributed by atoms with E-state index in [9.17, 15) is 0 Å². The van der Waals surface area contributed by atoms with Crippen LogP contribution in [0.15, 0.2) is 42.6 Å². The molecule has 0 bridgehead atoms. The van der Waals surface area contributed by atoms with Gasteiger partial charge in [0.25, 0.3) is 0 Å². The van der Waals surface area contributed by atoms with Crippen LogP contribution >= 0.6 is 0 Å². The van der Waals surface area contributed by atoms with E-state index >= 15 is 0 Å². The lowest BCUT2D eigenvalue weighted by molar-refractivity contribution is 0.298. The first-order valence-corrected chi connectivity index (χ1v) is 5.72. The van der Waals surface area contributed by atoms with Gasteiger partial charge in [-0.15, -0.1) is 0 Å². The van der Waals surface area contributed by atoms with Crippen molar-refractivity contribution in [3.63, 3.8) is 0 Å². The Labute approximate surface area is 106 Å². The summed E-state index contributed by atoms with van der Waals surface area (Å²) >= 11 is 0. The topological polar surface area (TPSA) is 57.4 Å². The van der Waals surface area contributed by atoms with Crippen molar-refractivity contribution in [3.8, 4) is 11.5 Å². The maximum Gasteiger partial charge on any atom is 0.130 e. The standard InChI is InChI=1S/C14H16N2O2/c1-17-13-6-11(9-15)7-14(8-13)18-10-12-4-2-3-5-16-12/h2-8H,9-10,15H2,1H3. The Kier molecular flexibility index (Phi) is 4.15. The van der Waals surface area contributed by atoms with Crippen LogP contribution in [0.5, 0.6) is 11.5 Å². The molecule has 1 heterocycles. The zero-order valence-electron chi connectivity index (χ0n) is 10.3. The number of nitrogens with two attached hydrogens (primary N) is 1. The maximum absolute atomic E-state index is 5.68. The molecule has 0 radical (unpaired) electrons. The minimum atomic E-state index is 0.429. The zero-order valence-corrected chi connectivity index (χ0v) is 10.3. The monoisotopic (exact) mass is 244 g/mol. The highest BCUT2D eigenvalue weighted by Gasteiger charge is 2.02. The molecule has 2 rings (SSSR count). The summed E-state index contributed by atoms with van der Waals surface area (Å²) in [7, 11) is 1.62. The Balaban J connectivity index is 2.09. The lowest BCUT2D eigenvalue weighted by Crippen LogP contribution is -2.01. The molecule has 0 fully saturated rings. The first-order valence-electron chi connectivity index (χ1n) is 5.72. The summed E-state index contributed by atoms with van der Waals surface area (Å²) in [6, 6.07) is 11.4. The van der Waals surface area contributed by atoms with Crippen molar-refractivity contribution in [2.24, 2.45) is 5.73 Å². The molecule has 2 N–H and O–H groups in total. The lowest BCUT2D eigenvalue weighted by atomic mass is 10.2. The predicted octanol–water partition coefficient (Wildman–Crippen LogP) is 2.13. The van der Waals surface area contributed by atoms with E-state index in [-0.39, 0.29) is 0 Å². The van der Waals surface area contributed by atoms with E-state index in [1.165, 1.54) is 0 Å². The molecular weight excluding hydrogens is 228 g/mol. The number of aromatic nitrogens is 1. The number of nitrogens with zero attached hydrogens (tertiary/aromatic N) is 1. The third kappa shape index (κ3) is 3.21. The molecule has 0 saturated carbocycles. The molecule has 0 aliphatic heterocycles. The van der Waals surface area contributed by atoms with E-state index in [2.05, 4.69) is 4.98 Å². The number of pyridine rings is 1. The quantitative estimate of drug-likeness (QED) is 0.875. The Morgan fingerprint density at radius 2 is 2.00 bits per heavy atom. The van der Waals surface area contributed by atoms with Crippen LogP contribution in [0, 0.1) is 0 Å². The summed E-state index contributed by atoms with van der Waals surface area (Å²) < 4.78 is 10.9. The van der Waals surface area contributed by atoms with Crippen LogP contribution in [0.2, 0.25) is 0 Å². The molecule has 1 aromatic heterocycles. The van der Waals surface area contributed by atoms with Gasteiger partial charge in [0.15, 0.2) is 0 Å². The summed E-state index contributed by atoms with van der Waals surface area (Å²) in [6.07, 6.45) is 1.75. The molecule has 0 aliphatic carbocycles. The molecule has 2 aromatic rings. The second kappa shape index (κ2) is 6.02. The van der Waals surface area contributed by atoms with Gasteiger partial charge in [-0.05, 0) is 29.8 Å². The van der Waals surface area contributed by atoms with E-state index in [1.54, 1.807) is 13.3 Å². The summed E-state index contributed by atoms with van der Waals surface area (Å²) in [5, 5.41) is 0. The number of hydrogen-bond acceptors (Lipinski definition) is 4. The molecule has 4 nitrogen and oxygen atoms in total. The molecule has 0 saturated heterocycles. The van der Waals surface area contributed by atoms with E-state index in [0.29, 0.717) is 13.2 Å². The van der Waals surface area contributed by atoms with Crippen LogP contribution in [-0.4, -0.2) is 12.1 Å². The van der Waals surface area contributed by atoms with Gasteiger partial charge >= 0.3 is 0 Å². The highest BCUT2D eigenvalue weighted by atomic mass is 16.5. The van der Waals surface area contributed by atoms with Gasteiger partial charge < -0.3 is 15.2 Å². The fourth-order valence-corrected chi connectivity index (χ4v) is 1.59. The fraction of sp³-hybridized carbons (Fsp3) is 0.214. The average Bonchev–Trinajstić information content (AvgIpc) is 2.45. The van der Waals surface area contributed by atoms with E-state index in [0.717, 1.165) is 22.8 Å². The van der Waals surface area contributed by atoms with Gasteiger partial charge in [0.2, 0.25) is 0 Å². The van der Waals surface area contributed by atoms with Crippen LogP contribution in [0.1, 0.15) is 11.3 Å². The molecule has 0 aliphatic rings. The first kappa shape index (κ1) is 12.4. The van der Waals surface area contributed by atoms with Gasteiger partial charge in [0, 0.05) is 18.8 Å². The van der Waals surface area contributed by atoms with Crippen LogP contribution in [0.4, 0.5) is 0 Å². The normalized spacial score (nSPS) is 10.1. The smallest absolute Gasteiger partial charge is 0.130 e. The maximum atomic E-state index is 5.68. The lowest BCUT2D eigenvalue weighted by Gasteiger charge is -2.09. The summed E-state index contributed by atoms with van der Waals surface area (Å²) in [4.78, 5) is 4.20. The van der Waals surface area contributed by atoms with Crippen molar-refractivity contribution >= 4 is 0 Å². The van der Waals surface area contributed by atoms with Crippen molar-refractivity contribution < 1.29 is 9.47 Å². The first-order chi connectivity index (χ1) is 8.81. The molecule has 94 valence electrons. The number of ether oxygens (including phenoxy) is 2. The van der Waals surface area contributed by atoms with Crippen molar-refractivity contribution in [1.29, 1.82) is 0 Å². The number of hydrogen-bond donors (Lipinski definition) is 1. The van der Waals surface area contributed by atoms with Gasteiger partial charge in [-0.25, -0.2) is 0 Å². The van der Waals surface area contributed by atoms with Crippen molar-refractivity contribution in [3.05, 3.63) is 53.9 Å². The molecule has 0 amide bonds. The minimum absolute atomic E-state index is 0.429. The third-order valence-electron chi connectivity index (χ3n) is 2.52. The number of benzene rings is 1. The van der Waals surface area contributed by atoms with Crippen molar-refractivity contribution in [2.45, 2.75) is 13.2 Å². The second-order valence-electron chi connectivity index (χ2n) is 3.83. The number of rotatable bonds is 5. The molecule has 1 aromatic carbocycles. The molecule has 0 spiro atoms. The number of methoxy groups -OCH3 is 1. The van der Waals surface area contributed by atoms with Gasteiger partial charge in [0.05, 0.1) is 12.8 Å². The summed E-state index contributed by atoms with van der Waals surface area (Å²) in [6.45, 7) is 0.884. The Morgan fingerprint density at radius 1 is 1.17 bits per heavy atom. The predicted molar refractivity (Wildman–Crippen MR) is 69.5 cm³/mol. The zero-order chi connectivity index (χ0) is 12.8. The largest absolute Gasteiger partial charge is 0.497 e. The Morgan fingerprint density at radius 3 is 2.67 bits per heavy atom. The summed E-state index contributed by atoms with van der Waals surface area (Å²) in [5.41, 5.74) is 7.49. The molecule has 0 atom stereocenters.